The zero-order chi connectivity index (χ0) is 12.3. The molecule has 0 saturated heterocycles. The van der Waals surface area contributed by atoms with Gasteiger partial charge < -0.3 is 10.6 Å². The number of benzene rings is 1. The first kappa shape index (κ1) is 17.2. The van der Waals surface area contributed by atoms with Crippen molar-refractivity contribution in [2.24, 2.45) is 4.99 Å². The van der Waals surface area contributed by atoms with E-state index in [1.54, 1.807) is 0 Å². The molecular formula is C14H24IN3. The number of hydrogen-bond donors (Lipinski definition) is 2. The van der Waals surface area contributed by atoms with E-state index in [-0.39, 0.29) is 24.0 Å². The Hall–Kier alpha value is -0.780. The summed E-state index contributed by atoms with van der Waals surface area (Å²) in [6.07, 6.45) is 2.10. The topological polar surface area (TPSA) is 36.4 Å². The van der Waals surface area contributed by atoms with Gasteiger partial charge >= 0.3 is 0 Å². The average molecular weight is 361 g/mol. The van der Waals surface area contributed by atoms with E-state index in [9.17, 15) is 0 Å². The summed E-state index contributed by atoms with van der Waals surface area (Å²) in [6.45, 7) is 6.92. The van der Waals surface area contributed by atoms with E-state index in [0.717, 1.165) is 38.4 Å². The molecule has 0 heterocycles. The Morgan fingerprint density at radius 2 is 1.83 bits per heavy atom. The number of guanidine groups is 1. The van der Waals surface area contributed by atoms with E-state index >= 15 is 0 Å². The molecule has 0 atom stereocenters. The fourth-order valence-electron chi connectivity index (χ4n) is 1.54. The highest BCUT2D eigenvalue weighted by atomic mass is 127. The first-order valence-electron chi connectivity index (χ1n) is 6.43. The average Bonchev–Trinajstić information content (AvgIpc) is 2.37. The molecular weight excluding hydrogens is 337 g/mol. The number of nitrogens with zero attached hydrogens (tertiary/aromatic N) is 1. The summed E-state index contributed by atoms with van der Waals surface area (Å²) in [6, 6.07) is 10.5. The van der Waals surface area contributed by atoms with E-state index in [4.69, 9.17) is 0 Å². The lowest BCUT2D eigenvalue weighted by Gasteiger charge is -2.10. The number of hydrogen-bond acceptors (Lipinski definition) is 1. The minimum absolute atomic E-state index is 0. The molecule has 1 aromatic carbocycles. The summed E-state index contributed by atoms with van der Waals surface area (Å²) in [4.78, 5) is 4.46. The summed E-state index contributed by atoms with van der Waals surface area (Å²) in [5, 5.41) is 6.59. The lowest BCUT2D eigenvalue weighted by atomic mass is 10.1. The van der Waals surface area contributed by atoms with E-state index < -0.39 is 0 Å². The highest BCUT2D eigenvalue weighted by Gasteiger charge is 1.96. The molecule has 0 unspecified atom stereocenters. The molecule has 4 heteroatoms. The van der Waals surface area contributed by atoms with Gasteiger partial charge in [-0.3, -0.25) is 4.99 Å². The minimum atomic E-state index is 0. The Morgan fingerprint density at radius 1 is 1.11 bits per heavy atom. The summed E-state index contributed by atoms with van der Waals surface area (Å²) in [5.74, 6) is 0.922. The van der Waals surface area contributed by atoms with Gasteiger partial charge in [-0.15, -0.1) is 24.0 Å². The Balaban J connectivity index is 0.00000289. The lowest BCUT2D eigenvalue weighted by molar-refractivity contribution is 0.793. The quantitative estimate of drug-likeness (QED) is 0.465. The van der Waals surface area contributed by atoms with Gasteiger partial charge in [0.2, 0.25) is 0 Å². The number of aliphatic imine (C=N–C) groups is 1. The lowest BCUT2D eigenvalue weighted by Crippen LogP contribution is -2.38. The van der Waals surface area contributed by atoms with Gasteiger partial charge in [0.15, 0.2) is 5.96 Å². The van der Waals surface area contributed by atoms with Crippen LogP contribution < -0.4 is 10.6 Å². The van der Waals surface area contributed by atoms with Crippen LogP contribution in [-0.4, -0.2) is 25.6 Å². The van der Waals surface area contributed by atoms with Gasteiger partial charge in [-0.05, 0) is 25.3 Å². The third kappa shape index (κ3) is 7.53. The highest BCUT2D eigenvalue weighted by Crippen LogP contribution is 1.97. The largest absolute Gasteiger partial charge is 0.357 e. The van der Waals surface area contributed by atoms with Gasteiger partial charge in [0.1, 0.15) is 0 Å². The minimum Gasteiger partial charge on any atom is -0.357 e. The van der Waals surface area contributed by atoms with Crippen LogP contribution >= 0.6 is 24.0 Å². The van der Waals surface area contributed by atoms with Crippen molar-refractivity contribution in [3.63, 3.8) is 0 Å². The monoisotopic (exact) mass is 361 g/mol. The molecule has 0 spiro atoms. The third-order valence-corrected chi connectivity index (χ3v) is 2.39. The van der Waals surface area contributed by atoms with Crippen LogP contribution in [0.1, 0.15) is 25.8 Å². The summed E-state index contributed by atoms with van der Waals surface area (Å²) < 4.78 is 0. The maximum atomic E-state index is 4.46. The van der Waals surface area contributed by atoms with Crippen molar-refractivity contribution in [2.75, 3.05) is 19.6 Å². The molecule has 0 aromatic heterocycles. The van der Waals surface area contributed by atoms with Crippen LogP contribution in [0.2, 0.25) is 0 Å². The third-order valence-electron chi connectivity index (χ3n) is 2.39. The molecule has 0 bridgehead atoms. The first-order valence-corrected chi connectivity index (χ1v) is 6.43. The molecule has 102 valence electrons. The smallest absolute Gasteiger partial charge is 0.191 e. The fraction of sp³-hybridized carbons (Fsp3) is 0.500. The van der Waals surface area contributed by atoms with Gasteiger partial charge in [-0.1, -0.05) is 37.3 Å². The SMILES string of the molecule is CCCN=C(NCC)NCCc1ccccc1.I. The maximum Gasteiger partial charge on any atom is 0.191 e. The van der Waals surface area contributed by atoms with Crippen LogP contribution in [0.3, 0.4) is 0 Å². The highest BCUT2D eigenvalue weighted by molar-refractivity contribution is 14.0. The summed E-state index contributed by atoms with van der Waals surface area (Å²) in [7, 11) is 0. The van der Waals surface area contributed by atoms with Crippen molar-refractivity contribution < 1.29 is 0 Å². The molecule has 0 radical (unpaired) electrons. The zero-order valence-electron chi connectivity index (χ0n) is 11.3. The van der Waals surface area contributed by atoms with Crippen LogP contribution in [0, 0.1) is 0 Å². The molecule has 0 aliphatic carbocycles. The molecule has 2 N–H and O–H groups in total. The predicted octanol–water partition coefficient (Wildman–Crippen LogP) is 2.81. The molecule has 1 aromatic rings. The maximum absolute atomic E-state index is 4.46. The van der Waals surface area contributed by atoms with Gasteiger partial charge in [0.05, 0.1) is 0 Å². The number of halogens is 1. The molecule has 1 rings (SSSR count). The molecule has 3 nitrogen and oxygen atoms in total. The number of nitrogens with one attached hydrogen (secondary N) is 2. The van der Waals surface area contributed by atoms with Gasteiger partial charge in [0, 0.05) is 19.6 Å². The second kappa shape index (κ2) is 11.3. The molecule has 18 heavy (non-hydrogen) atoms. The Morgan fingerprint density at radius 3 is 2.44 bits per heavy atom. The zero-order valence-corrected chi connectivity index (χ0v) is 13.6. The fourth-order valence-corrected chi connectivity index (χ4v) is 1.54. The van der Waals surface area contributed by atoms with Gasteiger partial charge in [-0.25, -0.2) is 0 Å². The molecule has 0 aliphatic heterocycles. The predicted molar refractivity (Wildman–Crippen MR) is 89.8 cm³/mol. The normalized spacial score (nSPS) is 10.7. The molecule has 0 saturated carbocycles. The Kier molecular flexibility index (Phi) is 10.8. The van der Waals surface area contributed by atoms with E-state index in [0.29, 0.717) is 0 Å². The van der Waals surface area contributed by atoms with Crippen LogP contribution in [0.5, 0.6) is 0 Å². The van der Waals surface area contributed by atoms with Crippen molar-refractivity contribution in [1.29, 1.82) is 0 Å². The van der Waals surface area contributed by atoms with Crippen molar-refractivity contribution in [2.45, 2.75) is 26.7 Å². The van der Waals surface area contributed by atoms with Crippen molar-refractivity contribution in [3.8, 4) is 0 Å². The second-order valence-corrected chi connectivity index (χ2v) is 3.92. The van der Waals surface area contributed by atoms with Crippen LogP contribution in [0.15, 0.2) is 35.3 Å². The second-order valence-electron chi connectivity index (χ2n) is 3.92. The molecule has 0 amide bonds. The first-order chi connectivity index (χ1) is 8.36. The van der Waals surface area contributed by atoms with Crippen molar-refractivity contribution >= 4 is 29.9 Å². The molecule has 0 fully saturated rings. The van der Waals surface area contributed by atoms with Crippen molar-refractivity contribution in [1.82, 2.24) is 10.6 Å². The summed E-state index contributed by atoms with van der Waals surface area (Å²) in [5.41, 5.74) is 1.35. The van der Waals surface area contributed by atoms with E-state index in [1.807, 2.05) is 6.07 Å². The Labute approximate surface area is 127 Å². The molecule has 0 aliphatic rings. The van der Waals surface area contributed by atoms with E-state index in [2.05, 4.69) is 53.7 Å². The number of rotatable bonds is 6. The van der Waals surface area contributed by atoms with Crippen LogP contribution in [0.4, 0.5) is 0 Å². The van der Waals surface area contributed by atoms with Gasteiger partial charge in [-0.2, -0.15) is 0 Å². The Bertz CT molecular complexity index is 325. The van der Waals surface area contributed by atoms with Crippen LogP contribution in [-0.2, 0) is 6.42 Å². The van der Waals surface area contributed by atoms with E-state index in [1.165, 1.54) is 5.56 Å². The van der Waals surface area contributed by atoms with Crippen molar-refractivity contribution in [3.05, 3.63) is 35.9 Å². The van der Waals surface area contributed by atoms with Crippen LogP contribution in [0.25, 0.3) is 0 Å². The summed E-state index contributed by atoms with van der Waals surface area (Å²) >= 11 is 0. The van der Waals surface area contributed by atoms with Gasteiger partial charge in [0.25, 0.3) is 0 Å². The standard InChI is InChI=1S/C14H23N3.HI/c1-3-11-16-14(15-4-2)17-12-10-13-8-6-5-7-9-13;/h5-9H,3-4,10-12H2,1-2H3,(H2,15,16,17);1H.